The highest BCUT2D eigenvalue weighted by molar-refractivity contribution is 7.99. The third-order valence-electron chi connectivity index (χ3n) is 1.69. The van der Waals surface area contributed by atoms with Crippen LogP contribution in [0, 0.1) is 5.92 Å². The highest BCUT2D eigenvalue weighted by atomic mass is 32.2. The molecule has 2 nitrogen and oxygen atoms in total. The molecule has 0 saturated carbocycles. The second kappa shape index (κ2) is 4.00. The highest BCUT2D eigenvalue weighted by Gasteiger charge is 2.18. The Hall–Kier alpha value is -0.180. The maximum atomic E-state index is 11.4. The SMILES string of the molecule is CC(C)CC(=O)N1CCSC1. The summed E-state index contributed by atoms with van der Waals surface area (Å²) in [5, 5.41) is 0. The molecule has 1 saturated heterocycles. The van der Waals surface area contributed by atoms with Crippen molar-refractivity contribution in [1.82, 2.24) is 4.90 Å². The number of thioether (sulfide) groups is 1. The van der Waals surface area contributed by atoms with Crippen molar-refractivity contribution in [2.45, 2.75) is 20.3 Å². The number of carbonyl (C=O) groups excluding carboxylic acids is 1. The van der Waals surface area contributed by atoms with Crippen molar-refractivity contribution in [3.63, 3.8) is 0 Å². The third kappa shape index (κ3) is 2.73. The predicted molar refractivity (Wildman–Crippen MR) is 48.5 cm³/mol. The number of rotatable bonds is 2. The molecule has 0 unspecified atom stereocenters. The maximum Gasteiger partial charge on any atom is 0.223 e. The van der Waals surface area contributed by atoms with Crippen molar-refractivity contribution in [1.29, 1.82) is 0 Å². The van der Waals surface area contributed by atoms with Gasteiger partial charge in [0.15, 0.2) is 0 Å². The Labute approximate surface area is 72.3 Å². The first-order chi connectivity index (χ1) is 5.20. The Balaban J connectivity index is 2.28. The van der Waals surface area contributed by atoms with E-state index in [4.69, 9.17) is 0 Å². The van der Waals surface area contributed by atoms with Crippen molar-refractivity contribution in [3.8, 4) is 0 Å². The Morgan fingerprint density at radius 3 is 2.82 bits per heavy atom. The van der Waals surface area contributed by atoms with E-state index in [2.05, 4.69) is 13.8 Å². The minimum atomic E-state index is 0.324. The van der Waals surface area contributed by atoms with E-state index in [0.29, 0.717) is 18.2 Å². The van der Waals surface area contributed by atoms with Gasteiger partial charge in [0.05, 0.1) is 5.88 Å². The lowest BCUT2D eigenvalue weighted by Gasteiger charge is -2.15. The Kier molecular flexibility index (Phi) is 3.24. The van der Waals surface area contributed by atoms with E-state index in [9.17, 15) is 4.79 Å². The molecule has 3 heteroatoms. The molecule has 1 aliphatic rings. The van der Waals surface area contributed by atoms with Crippen LogP contribution in [0.25, 0.3) is 0 Å². The molecule has 1 amide bonds. The summed E-state index contributed by atoms with van der Waals surface area (Å²) >= 11 is 1.84. The van der Waals surface area contributed by atoms with Crippen molar-refractivity contribution in [2.24, 2.45) is 5.92 Å². The van der Waals surface area contributed by atoms with Crippen molar-refractivity contribution in [2.75, 3.05) is 18.2 Å². The van der Waals surface area contributed by atoms with Crippen molar-refractivity contribution in [3.05, 3.63) is 0 Å². The summed E-state index contributed by atoms with van der Waals surface area (Å²) in [5.41, 5.74) is 0. The molecule has 1 aliphatic heterocycles. The van der Waals surface area contributed by atoms with Crippen LogP contribution in [0.5, 0.6) is 0 Å². The van der Waals surface area contributed by atoms with Crippen LogP contribution in [-0.2, 0) is 4.79 Å². The smallest absolute Gasteiger partial charge is 0.223 e. The van der Waals surface area contributed by atoms with Gasteiger partial charge in [-0.25, -0.2) is 0 Å². The van der Waals surface area contributed by atoms with Crippen LogP contribution in [0.2, 0.25) is 0 Å². The van der Waals surface area contributed by atoms with Gasteiger partial charge in [-0.2, -0.15) is 0 Å². The molecule has 0 aromatic rings. The van der Waals surface area contributed by atoms with E-state index in [1.807, 2.05) is 16.7 Å². The molecule has 0 N–H and O–H groups in total. The molecular weight excluding hydrogens is 158 g/mol. The Bertz CT molecular complexity index is 141. The van der Waals surface area contributed by atoms with E-state index in [0.717, 1.165) is 18.2 Å². The Morgan fingerprint density at radius 2 is 2.36 bits per heavy atom. The average Bonchev–Trinajstić information content (AvgIpc) is 2.35. The number of nitrogens with zero attached hydrogens (tertiary/aromatic N) is 1. The second-order valence-corrected chi connectivity index (χ2v) is 4.37. The predicted octanol–water partition coefficient (Wildman–Crippen LogP) is 1.57. The molecule has 1 fully saturated rings. The van der Waals surface area contributed by atoms with Crippen LogP contribution < -0.4 is 0 Å². The third-order valence-corrected chi connectivity index (χ3v) is 2.65. The number of hydrogen-bond donors (Lipinski definition) is 0. The summed E-state index contributed by atoms with van der Waals surface area (Å²) in [4.78, 5) is 13.3. The van der Waals surface area contributed by atoms with Crippen LogP contribution in [0.1, 0.15) is 20.3 Å². The van der Waals surface area contributed by atoms with Gasteiger partial charge in [0.25, 0.3) is 0 Å². The number of hydrogen-bond acceptors (Lipinski definition) is 2. The molecule has 11 heavy (non-hydrogen) atoms. The van der Waals surface area contributed by atoms with Gasteiger partial charge in [0.1, 0.15) is 0 Å². The number of carbonyl (C=O) groups is 1. The van der Waals surface area contributed by atoms with Crippen LogP contribution in [-0.4, -0.2) is 29.0 Å². The Morgan fingerprint density at radius 1 is 1.64 bits per heavy atom. The van der Waals surface area contributed by atoms with Gasteiger partial charge in [-0.15, -0.1) is 11.8 Å². The molecule has 1 rings (SSSR count). The first-order valence-electron chi connectivity index (χ1n) is 4.05. The topological polar surface area (TPSA) is 20.3 Å². The molecule has 0 bridgehead atoms. The fourth-order valence-corrected chi connectivity index (χ4v) is 2.06. The summed E-state index contributed by atoms with van der Waals surface area (Å²) < 4.78 is 0. The van der Waals surface area contributed by atoms with E-state index in [-0.39, 0.29) is 0 Å². The molecule has 64 valence electrons. The van der Waals surface area contributed by atoms with Gasteiger partial charge < -0.3 is 4.90 Å². The van der Waals surface area contributed by atoms with Crippen LogP contribution in [0.15, 0.2) is 0 Å². The van der Waals surface area contributed by atoms with E-state index >= 15 is 0 Å². The summed E-state index contributed by atoms with van der Waals surface area (Å²) in [6, 6.07) is 0. The van der Waals surface area contributed by atoms with Gasteiger partial charge in [-0.1, -0.05) is 13.8 Å². The van der Waals surface area contributed by atoms with Gasteiger partial charge >= 0.3 is 0 Å². The summed E-state index contributed by atoms with van der Waals surface area (Å²) in [5.74, 6) is 2.84. The zero-order valence-electron chi connectivity index (χ0n) is 7.17. The lowest BCUT2D eigenvalue weighted by atomic mass is 10.1. The molecule has 0 spiro atoms. The first kappa shape index (κ1) is 8.91. The van der Waals surface area contributed by atoms with Gasteiger partial charge in [0, 0.05) is 18.7 Å². The van der Waals surface area contributed by atoms with Gasteiger partial charge in [0.2, 0.25) is 5.91 Å². The lowest BCUT2D eigenvalue weighted by Crippen LogP contribution is -2.28. The zero-order chi connectivity index (χ0) is 8.27. The minimum absolute atomic E-state index is 0.324. The number of amides is 1. The van der Waals surface area contributed by atoms with Crippen LogP contribution in [0.4, 0.5) is 0 Å². The van der Waals surface area contributed by atoms with Gasteiger partial charge in [-0.05, 0) is 5.92 Å². The monoisotopic (exact) mass is 173 g/mol. The standard InChI is InChI=1S/C8H15NOS/c1-7(2)5-8(10)9-3-4-11-6-9/h7H,3-6H2,1-2H3. The fraction of sp³-hybridized carbons (Fsp3) is 0.875. The van der Waals surface area contributed by atoms with Crippen LogP contribution >= 0.6 is 11.8 Å². The highest BCUT2D eigenvalue weighted by Crippen LogP contribution is 2.15. The van der Waals surface area contributed by atoms with E-state index in [1.54, 1.807) is 0 Å². The van der Waals surface area contributed by atoms with E-state index < -0.39 is 0 Å². The molecule has 0 aromatic heterocycles. The molecule has 0 aromatic carbocycles. The maximum absolute atomic E-state index is 11.4. The second-order valence-electron chi connectivity index (χ2n) is 3.29. The average molecular weight is 173 g/mol. The summed E-state index contributed by atoms with van der Waals surface area (Å²) in [7, 11) is 0. The van der Waals surface area contributed by atoms with Crippen LogP contribution in [0.3, 0.4) is 0 Å². The zero-order valence-corrected chi connectivity index (χ0v) is 7.99. The summed E-state index contributed by atoms with van der Waals surface area (Å²) in [6.07, 6.45) is 0.709. The lowest BCUT2D eigenvalue weighted by molar-refractivity contribution is -0.130. The first-order valence-corrected chi connectivity index (χ1v) is 5.21. The quantitative estimate of drug-likeness (QED) is 0.631. The normalized spacial score (nSPS) is 17.9. The molecule has 0 atom stereocenters. The van der Waals surface area contributed by atoms with Crippen molar-refractivity contribution >= 4 is 17.7 Å². The van der Waals surface area contributed by atoms with E-state index in [1.165, 1.54) is 0 Å². The largest absolute Gasteiger partial charge is 0.333 e. The molecular formula is C8H15NOS. The minimum Gasteiger partial charge on any atom is -0.333 e. The molecule has 0 aliphatic carbocycles. The fourth-order valence-electron chi connectivity index (χ4n) is 1.09. The summed E-state index contributed by atoms with van der Waals surface area (Å²) in [6.45, 7) is 5.12. The van der Waals surface area contributed by atoms with Gasteiger partial charge in [-0.3, -0.25) is 4.79 Å². The molecule has 0 radical (unpaired) electrons. The molecule has 1 heterocycles. The van der Waals surface area contributed by atoms with Crippen molar-refractivity contribution < 1.29 is 4.79 Å².